The number of sulfone groups is 1. The number of hydrogen-bond donors (Lipinski definition) is 1. The van der Waals surface area contributed by atoms with Crippen LogP contribution in [-0.2, 0) is 14.6 Å². The van der Waals surface area contributed by atoms with Gasteiger partial charge in [-0.2, -0.15) is 0 Å². The molecule has 3 rings (SSSR count). The normalized spacial score (nSPS) is 41.9. The molecular weight excluding hydrogens is 372 g/mol. The molecule has 3 fully saturated rings. The third-order valence-corrected chi connectivity index (χ3v) is 10.9. The molecule has 0 radical (unpaired) electrons. The van der Waals surface area contributed by atoms with Crippen molar-refractivity contribution in [1.82, 2.24) is 0 Å². The van der Waals surface area contributed by atoms with Gasteiger partial charge in [0, 0.05) is 12.5 Å². The van der Waals surface area contributed by atoms with Crippen LogP contribution in [0, 0.1) is 23.2 Å². The fraction of sp³-hybridized carbons (Fsp3) is 1.00. The highest BCUT2D eigenvalue weighted by Gasteiger charge is 2.56. The van der Waals surface area contributed by atoms with Crippen LogP contribution in [0.15, 0.2) is 0 Å². The summed E-state index contributed by atoms with van der Waals surface area (Å²) in [5.74, 6) is 0.885. The van der Waals surface area contributed by atoms with Crippen molar-refractivity contribution in [1.29, 1.82) is 0 Å². The number of unbranched alkanes of at least 4 members (excludes halogenated alkanes) is 1. The van der Waals surface area contributed by atoms with Gasteiger partial charge in [-0.05, 0) is 49.9 Å². The van der Waals surface area contributed by atoms with E-state index in [9.17, 15) is 13.5 Å². The maximum atomic E-state index is 13.6. The molecule has 0 amide bonds. The van der Waals surface area contributed by atoms with Gasteiger partial charge >= 0.3 is 0 Å². The predicted octanol–water partition coefficient (Wildman–Crippen LogP) is 4.74. The number of hydrogen-bond acceptors (Lipinski definition) is 4. The van der Waals surface area contributed by atoms with E-state index in [1.54, 1.807) is 7.11 Å². The second-order valence-electron chi connectivity index (χ2n) is 9.92. The molecule has 2 aliphatic carbocycles. The standard InChI is InChI=1S/C23H42O4S/c1-4-6-14-23(5-2)16-28(25,26)20-15-18(27-3)12-13-19(20)21(22(23)24)17-10-8-7-9-11-17/h17-22,24H,4-16H2,1-3H3/t18?,19?,20?,21?,22?,23-/m1/s1. The fourth-order valence-electron chi connectivity index (χ4n) is 6.78. The van der Waals surface area contributed by atoms with Crippen LogP contribution in [-0.4, -0.2) is 43.8 Å². The zero-order valence-corrected chi connectivity index (χ0v) is 19.1. The molecular formula is C23H42O4S. The van der Waals surface area contributed by atoms with Crippen LogP contribution in [0.2, 0.25) is 0 Å². The van der Waals surface area contributed by atoms with Crippen molar-refractivity contribution in [2.24, 2.45) is 23.2 Å². The number of fused-ring (bicyclic) bond motifs is 1. The van der Waals surface area contributed by atoms with Gasteiger partial charge in [-0.15, -0.1) is 0 Å². The topological polar surface area (TPSA) is 63.6 Å². The van der Waals surface area contributed by atoms with Gasteiger partial charge in [0.15, 0.2) is 9.84 Å². The van der Waals surface area contributed by atoms with E-state index in [2.05, 4.69) is 13.8 Å². The minimum atomic E-state index is -3.26. The average Bonchev–Trinajstić information content (AvgIpc) is 2.78. The molecule has 1 aliphatic heterocycles. The summed E-state index contributed by atoms with van der Waals surface area (Å²) in [6.45, 7) is 4.25. The Balaban J connectivity index is 2.03. The lowest BCUT2D eigenvalue weighted by Crippen LogP contribution is -2.48. The molecule has 3 aliphatic rings. The summed E-state index contributed by atoms with van der Waals surface area (Å²) in [5.41, 5.74) is -0.475. The minimum absolute atomic E-state index is 0.0462. The zero-order valence-electron chi connectivity index (χ0n) is 18.2. The van der Waals surface area contributed by atoms with Crippen molar-refractivity contribution in [3.8, 4) is 0 Å². The molecule has 0 aromatic carbocycles. The molecule has 5 heteroatoms. The SMILES string of the molecule is CCCC[C@]1(CC)CS(=O)(=O)C2CC(OC)CCC2C(C2CCCCC2)C1O. The summed E-state index contributed by atoms with van der Waals surface area (Å²) in [7, 11) is -1.55. The maximum Gasteiger partial charge on any atom is 0.154 e. The van der Waals surface area contributed by atoms with Crippen LogP contribution in [0.4, 0.5) is 0 Å². The molecule has 0 spiro atoms. The lowest BCUT2D eigenvalue weighted by molar-refractivity contribution is -0.0703. The summed E-state index contributed by atoms with van der Waals surface area (Å²) < 4.78 is 32.9. The van der Waals surface area contributed by atoms with E-state index in [4.69, 9.17) is 4.74 Å². The molecule has 5 unspecified atom stereocenters. The summed E-state index contributed by atoms with van der Waals surface area (Å²) in [6.07, 6.45) is 11.7. The first-order valence-electron chi connectivity index (χ1n) is 11.8. The highest BCUT2D eigenvalue weighted by Crippen LogP contribution is 2.53. The lowest BCUT2D eigenvalue weighted by Gasteiger charge is -2.46. The number of ether oxygens (including phenoxy) is 1. The second-order valence-corrected chi connectivity index (χ2v) is 12.1. The molecule has 2 saturated carbocycles. The Labute approximate surface area is 172 Å². The quantitative estimate of drug-likeness (QED) is 0.682. The summed E-state index contributed by atoms with van der Waals surface area (Å²) in [4.78, 5) is 0. The highest BCUT2D eigenvalue weighted by molar-refractivity contribution is 7.92. The van der Waals surface area contributed by atoms with Crippen molar-refractivity contribution < 1.29 is 18.3 Å². The lowest BCUT2D eigenvalue weighted by atomic mass is 9.61. The predicted molar refractivity (Wildman–Crippen MR) is 114 cm³/mol. The van der Waals surface area contributed by atoms with Crippen LogP contribution in [0.5, 0.6) is 0 Å². The average molecular weight is 415 g/mol. The number of aliphatic hydroxyl groups is 1. The molecule has 1 heterocycles. The van der Waals surface area contributed by atoms with Crippen LogP contribution in [0.3, 0.4) is 0 Å². The molecule has 1 saturated heterocycles. The highest BCUT2D eigenvalue weighted by atomic mass is 32.2. The Kier molecular flexibility index (Phi) is 7.53. The van der Waals surface area contributed by atoms with E-state index >= 15 is 0 Å². The summed E-state index contributed by atoms with van der Waals surface area (Å²) in [6, 6.07) is 0. The fourth-order valence-corrected chi connectivity index (χ4v) is 9.67. The van der Waals surface area contributed by atoms with Crippen molar-refractivity contribution >= 4 is 9.84 Å². The Morgan fingerprint density at radius 3 is 2.39 bits per heavy atom. The van der Waals surface area contributed by atoms with Gasteiger partial charge in [0.1, 0.15) is 0 Å². The van der Waals surface area contributed by atoms with E-state index in [-0.39, 0.29) is 28.9 Å². The van der Waals surface area contributed by atoms with Gasteiger partial charge in [-0.25, -0.2) is 8.42 Å². The molecule has 164 valence electrons. The molecule has 0 bridgehead atoms. The van der Waals surface area contributed by atoms with Crippen molar-refractivity contribution in [3.05, 3.63) is 0 Å². The molecule has 4 nitrogen and oxygen atoms in total. The van der Waals surface area contributed by atoms with Crippen LogP contribution in [0.25, 0.3) is 0 Å². The van der Waals surface area contributed by atoms with E-state index in [1.165, 1.54) is 19.3 Å². The third-order valence-electron chi connectivity index (χ3n) is 8.49. The van der Waals surface area contributed by atoms with Crippen molar-refractivity contribution in [2.45, 2.75) is 108 Å². The van der Waals surface area contributed by atoms with Gasteiger partial charge in [0.25, 0.3) is 0 Å². The molecule has 0 aromatic rings. The van der Waals surface area contributed by atoms with E-state index in [0.29, 0.717) is 12.3 Å². The van der Waals surface area contributed by atoms with Crippen LogP contribution in [0.1, 0.15) is 90.9 Å². The third kappa shape index (κ3) is 4.32. The van der Waals surface area contributed by atoms with Gasteiger partial charge in [0.2, 0.25) is 0 Å². The second kappa shape index (κ2) is 9.34. The largest absolute Gasteiger partial charge is 0.392 e. The molecule has 1 N–H and O–H groups in total. The summed E-state index contributed by atoms with van der Waals surface area (Å²) in [5, 5.41) is 11.5. The van der Waals surface area contributed by atoms with Crippen LogP contribution < -0.4 is 0 Å². The Bertz CT molecular complexity index is 598. The monoisotopic (exact) mass is 414 g/mol. The number of methoxy groups -OCH3 is 1. The zero-order chi connectivity index (χ0) is 20.4. The van der Waals surface area contributed by atoms with E-state index < -0.39 is 21.4 Å². The van der Waals surface area contributed by atoms with E-state index in [0.717, 1.165) is 51.4 Å². The smallest absolute Gasteiger partial charge is 0.154 e. The Morgan fingerprint density at radius 2 is 1.79 bits per heavy atom. The van der Waals surface area contributed by atoms with Crippen molar-refractivity contribution in [3.63, 3.8) is 0 Å². The maximum absolute atomic E-state index is 13.6. The van der Waals surface area contributed by atoms with Gasteiger partial charge < -0.3 is 9.84 Å². The van der Waals surface area contributed by atoms with Gasteiger partial charge in [-0.1, -0.05) is 58.8 Å². The van der Waals surface area contributed by atoms with Crippen molar-refractivity contribution in [2.75, 3.05) is 12.9 Å². The van der Waals surface area contributed by atoms with E-state index in [1.807, 2.05) is 0 Å². The first kappa shape index (κ1) is 22.6. The van der Waals surface area contributed by atoms with Crippen LogP contribution >= 0.6 is 0 Å². The number of rotatable bonds is 6. The Hall–Kier alpha value is -0.130. The molecule has 28 heavy (non-hydrogen) atoms. The van der Waals surface area contributed by atoms with Gasteiger partial charge in [-0.3, -0.25) is 0 Å². The van der Waals surface area contributed by atoms with Gasteiger partial charge in [0.05, 0.1) is 23.2 Å². The first-order chi connectivity index (χ1) is 13.4. The summed E-state index contributed by atoms with van der Waals surface area (Å²) >= 11 is 0. The minimum Gasteiger partial charge on any atom is -0.392 e. The number of aliphatic hydroxyl groups excluding tert-OH is 1. The first-order valence-corrected chi connectivity index (χ1v) is 13.5. The molecule has 0 aromatic heterocycles. The molecule has 6 atom stereocenters. The Morgan fingerprint density at radius 1 is 1.07 bits per heavy atom.